The average molecular weight is 417 g/mol. The normalized spacial score (nSPS) is 11.7. The van der Waals surface area contributed by atoms with E-state index in [4.69, 9.17) is 16.3 Å². The molecule has 0 spiro atoms. The molecule has 0 fully saturated rings. The predicted molar refractivity (Wildman–Crippen MR) is 116 cm³/mol. The van der Waals surface area contributed by atoms with E-state index in [0.717, 1.165) is 22.3 Å². The molecule has 0 aliphatic rings. The molecular weight excluding hydrogens is 388 g/mol. The van der Waals surface area contributed by atoms with Crippen LogP contribution in [0.1, 0.15) is 35.6 Å². The highest BCUT2D eigenvalue weighted by molar-refractivity contribution is 6.32. The van der Waals surface area contributed by atoms with Crippen molar-refractivity contribution in [2.75, 3.05) is 13.7 Å². The van der Waals surface area contributed by atoms with Crippen LogP contribution in [0.2, 0.25) is 5.02 Å². The van der Waals surface area contributed by atoms with E-state index in [1.807, 2.05) is 64.1 Å². The van der Waals surface area contributed by atoms with E-state index in [0.29, 0.717) is 23.7 Å². The maximum absolute atomic E-state index is 13.0. The van der Waals surface area contributed by atoms with Crippen LogP contribution >= 0.6 is 11.6 Å². The Morgan fingerprint density at radius 3 is 2.21 bits per heavy atom. The van der Waals surface area contributed by atoms with E-state index < -0.39 is 6.04 Å². The first-order valence-electron chi connectivity index (χ1n) is 9.73. The van der Waals surface area contributed by atoms with Crippen LogP contribution in [0.3, 0.4) is 0 Å². The van der Waals surface area contributed by atoms with Gasteiger partial charge in [0.2, 0.25) is 5.91 Å². The van der Waals surface area contributed by atoms with Gasteiger partial charge in [0, 0.05) is 18.6 Å². The van der Waals surface area contributed by atoms with Crippen LogP contribution in [0.5, 0.6) is 5.75 Å². The lowest BCUT2D eigenvalue weighted by atomic mass is 10.1. The highest BCUT2D eigenvalue weighted by atomic mass is 35.5. The van der Waals surface area contributed by atoms with Crippen LogP contribution in [0.15, 0.2) is 36.4 Å². The van der Waals surface area contributed by atoms with Crippen molar-refractivity contribution in [1.82, 2.24) is 10.2 Å². The van der Waals surface area contributed by atoms with E-state index in [9.17, 15) is 9.59 Å². The molecule has 1 atom stereocenters. The minimum Gasteiger partial charge on any atom is -0.484 e. The number of nitrogens with one attached hydrogen (secondary N) is 1. The third-order valence-corrected chi connectivity index (χ3v) is 5.47. The molecular formula is C23H29ClN2O3. The molecule has 0 heterocycles. The van der Waals surface area contributed by atoms with Crippen LogP contribution in [0.25, 0.3) is 0 Å². The van der Waals surface area contributed by atoms with Gasteiger partial charge in [0.05, 0.1) is 0 Å². The van der Waals surface area contributed by atoms with Gasteiger partial charge in [0.25, 0.3) is 5.91 Å². The van der Waals surface area contributed by atoms with E-state index in [1.54, 1.807) is 11.9 Å². The monoisotopic (exact) mass is 416 g/mol. The number of ether oxygens (including phenoxy) is 1. The van der Waals surface area contributed by atoms with E-state index in [1.165, 1.54) is 0 Å². The van der Waals surface area contributed by atoms with Crippen molar-refractivity contribution in [2.45, 2.75) is 46.7 Å². The van der Waals surface area contributed by atoms with Gasteiger partial charge in [-0.2, -0.15) is 0 Å². The van der Waals surface area contributed by atoms with Gasteiger partial charge >= 0.3 is 0 Å². The average Bonchev–Trinajstić information content (AvgIpc) is 2.71. The molecule has 0 saturated carbocycles. The maximum atomic E-state index is 13.0. The molecule has 0 radical (unpaired) electrons. The molecule has 5 nitrogen and oxygen atoms in total. The number of aryl methyl sites for hydroxylation is 3. The molecule has 0 unspecified atom stereocenters. The quantitative estimate of drug-likeness (QED) is 0.701. The Morgan fingerprint density at radius 1 is 1.10 bits per heavy atom. The van der Waals surface area contributed by atoms with Crippen LogP contribution < -0.4 is 10.1 Å². The standard InChI is InChI=1S/C23H29ClN2O3/c1-6-20(23(28)25-5)26(13-18-9-7-15(2)8-10-18)21(27)14-29-19-11-16(3)22(24)17(4)12-19/h7-12,20H,6,13-14H2,1-5H3,(H,25,28)/t20-/m1/s1. The van der Waals surface area contributed by atoms with Crippen molar-refractivity contribution < 1.29 is 14.3 Å². The van der Waals surface area contributed by atoms with Crippen molar-refractivity contribution in [1.29, 1.82) is 0 Å². The number of hydrogen-bond acceptors (Lipinski definition) is 3. The third-order valence-electron chi connectivity index (χ3n) is 4.88. The van der Waals surface area contributed by atoms with Crippen LogP contribution in [0.4, 0.5) is 0 Å². The van der Waals surface area contributed by atoms with Gasteiger partial charge in [-0.25, -0.2) is 0 Å². The molecule has 0 bridgehead atoms. The first-order valence-corrected chi connectivity index (χ1v) is 10.1. The Balaban J connectivity index is 2.21. The maximum Gasteiger partial charge on any atom is 0.261 e. The van der Waals surface area contributed by atoms with Gasteiger partial charge in [-0.15, -0.1) is 0 Å². The van der Waals surface area contributed by atoms with E-state index in [2.05, 4.69) is 5.32 Å². The van der Waals surface area contributed by atoms with Gasteiger partial charge in [0.1, 0.15) is 11.8 Å². The lowest BCUT2D eigenvalue weighted by Gasteiger charge is -2.30. The van der Waals surface area contributed by atoms with Gasteiger partial charge in [-0.1, -0.05) is 48.4 Å². The molecule has 6 heteroatoms. The molecule has 0 saturated heterocycles. The zero-order valence-electron chi connectivity index (χ0n) is 17.7. The Labute approximate surface area is 178 Å². The highest BCUT2D eigenvalue weighted by Gasteiger charge is 2.28. The molecule has 0 aliphatic carbocycles. The molecule has 2 aromatic carbocycles. The minimum absolute atomic E-state index is 0.153. The van der Waals surface area contributed by atoms with Crippen molar-refractivity contribution in [3.05, 3.63) is 63.7 Å². The van der Waals surface area contributed by atoms with Crippen molar-refractivity contribution >= 4 is 23.4 Å². The number of amides is 2. The largest absolute Gasteiger partial charge is 0.484 e. The number of halogens is 1. The van der Waals surface area contributed by atoms with Gasteiger partial charge < -0.3 is 15.0 Å². The number of benzene rings is 2. The van der Waals surface area contributed by atoms with Crippen LogP contribution in [-0.2, 0) is 16.1 Å². The first-order chi connectivity index (χ1) is 13.8. The number of hydrogen-bond donors (Lipinski definition) is 1. The Kier molecular flexibility index (Phi) is 8.09. The van der Waals surface area contributed by atoms with Crippen molar-refractivity contribution in [3.63, 3.8) is 0 Å². The smallest absolute Gasteiger partial charge is 0.261 e. The lowest BCUT2D eigenvalue weighted by Crippen LogP contribution is -2.49. The highest BCUT2D eigenvalue weighted by Crippen LogP contribution is 2.26. The zero-order chi connectivity index (χ0) is 21.6. The molecule has 156 valence electrons. The van der Waals surface area contributed by atoms with Crippen molar-refractivity contribution in [2.24, 2.45) is 0 Å². The fraction of sp³-hybridized carbons (Fsp3) is 0.391. The fourth-order valence-corrected chi connectivity index (χ4v) is 3.30. The zero-order valence-corrected chi connectivity index (χ0v) is 18.5. The van der Waals surface area contributed by atoms with Gasteiger partial charge in [-0.3, -0.25) is 9.59 Å². The molecule has 2 amide bonds. The van der Waals surface area contributed by atoms with Gasteiger partial charge in [-0.05, 0) is 56.0 Å². The van der Waals surface area contributed by atoms with Crippen molar-refractivity contribution in [3.8, 4) is 5.75 Å². The summed E-state index contributed by atoms with van der Waals surface area (Å²) in [6.07, 6.45) is 0.510. The van der Waals surface area contributed by atoms with Crippen LogP contribution in [-0.4, -0.2) is 36.4 Å². The summed E-state index contributed by atoms with van der Waals surface area (Å²) in [6, 6.07) is 11.0. The number of likely N-dealkylation sites (N-methyl/N-ethyl adjacent to an activating group) is 1. The summed E-state index contributed by atoms with van der Waals surface area (Å²) in [5.74, 6) is 0.151. The molecule has 1 N–H and O–H groups in total. The second-order valence-electron chi connectivity index (χ2n) is 7.21. The second kappa shape index (κ2) is 10.3. The van der Waals surface area contributed by atoms with E-state index in [-0.39, 0.29) is 18.4 Å². The topological polar surface area (TPSA) is 58.6 Å². The number of carbonyl (C=O) groups excluding carboxylic acids is 2. The summed E-state index contributed by atoms with van der Waals surface area (Å²) < 4.78 is 5.75. The lowest BCUT2D eigenvalue weighted by molar-refractivity contribution is -0.142. The van der Waals surface area contributed by atoms with Gasteiger partial charge in [0.15, 0.2) is 6.61 Å². The summed E-state index contributed by atoms with van der Waals surface area (Å²) in [5.41, 5.74) is 3.89. The van der Waals surface area contributed by atoms with Crippen LogP contribution in [0, 0.1) is 20.8 Å². The molecule has 2 rings (SSSR count). The summed E-state index contributed by atoms with van der Waals surface area (Å²) in [4.78, 5) is 27.0. The minimum atomic E-state index is -0.564. The summed E-state index contributed by atoms with van der Waals surface area (Å²) in [5, 5.41) is 3.34. The third kappa shape index (κ3) is 5.97. The Hall–Kier alpha value is -2.53. The molecule has 0 aromatic heterocycles. The van der Waals surface area contributed by atoms with E-state index >= 15 is 0 Å². The first kappa shape index (κ1) is 22.8. The number of rotatable bonds is 8. The Bertz CT molecular complexity index is 842. The summed E-state index contributed by atoms with van der Waals surface area (Å²) in [7, 11) is 1.58. The molecule has 29 heavy (non-hydrogen) atoms. The predicted octanol–water partition coefficient (Wildman–Crippen LogP) is 4.20. The number of carbonyl (C=O) groups is 2. The summed E-state index contributed by atoms with van der Waals surface area (Å²) >= 11 is 6.20. The fourth-order valence-electron chi connectivity index (χ4n) is 3.19. The SMILES string of the molecule is CC[C@H](C(=O)NC)N(Cc1ccc(C)cc1)C(=O)COc1cc(C)c(Cl)c(C)c1. The summed E-state index contributed by atoms with van der Waals surface area (Å²) in [6.45, 7) is 7.88. The second-order valence-corrected chi connectivity index (χ2v) is 7.58. The molecule has 0 aliphatic heterocycles. The molecule has 2 aromatic rings. The Morgan fingerprint density at radius 2 is 1.69 bits per heavy atom. The number of nitrogens with zero attached hydrogens (tertiary/aromatic N) is 1.